The number of fused-ring (bicyclic) bond motifs is 1. The van der Waals surface area contributed by atoms with E-state index in [-0.39, 0.29) is 0 Å². The van der Waals surface area contributed by atoms with Crippen LogP contribution in [0.4, 0.5) is 10.5 Å². The molecule has 66 valence electrons. The molecule has 0 saturated carbocycles. The molecule has 1 N–H and O–H groups in total. The van der Waals surface area contributed by atoms with E-state index in [0.717, 1.165) is 5.56 Å². The number of carbonyl (C=O) groups is 1. The van der Waals surface area contributed by atoms with Crippen molar-refractivity contribution in [1.29, 1.82) is 0 Å². The third-order valence-corrected chi connectivity index (χ3v) is 2.28. The Morgan fingerprint density at radius 3 is 2.85 bits per heavy atom. The molecular formula is C8H6ClN2O2+. The van der Waals surface area contributed by atoms with E-state index in [1.54, 1.807) is 24.3 Å². The van der Waals surface area contributed by atoms with Crippen LogP contribution >= 0.6 is 11.8 Å². The van der Waals surface area contributed by atoms with Crippen LogP contribution in [0.15, 0.2) is 29.4 Å². The summed E-state index contributed by atoms with van der Waals surface area (Å²) >= 11 is 5.78. The van der Waals surface area contributed by atoms with Gasteiger partial charge in [-0.3, -0.25) is 0 Å². The minimum absolute atomic E-state index is 0.469. The maximum Gasteiger partial charge on any atom is 0.565 e. The van der Waals surface area contributed by atoms with Crippen molar-refractivity contribution in [3.05, 3.63) is 29.8 Å². The number of carboxylic acid groups (broad SMARTS) is 1. The molecule has 2 rings (SSSR count). The Kier molecular flexibility index (Phi) is 1.61. The molecule has 13 heavy (non-hydrogen) atoms. The van der Waals surface area contributed by atoms with Gasteiger partial charge < -0.3 is 5.11 Å². The second-order valence-electron chi connectivity index (χ2n) is 2.64. The fourth-order valence-corrected chi connectivity index (χ4v) is 1.42. The molecule has 1 heterocycles. The summed E-state index contributed by atoms with van der Waals surface area (Å²) in [5.41, 5.74) is 1.21. The van der Waals surface area contributed by atoms with Gasteiger partial charge in [0.1, 0.15) is 0 Å². The number of para-hydroxylation sites is 1. The Balaban J connectivity index is 2.61. The zero-order chi connectivity index (χ0) is 9.47. The molecule has 0 aliphatic carbocycles. The third-order valence-electron chi connectivity index (χ3n) is 1.87. The molecule has 1 aliphatic heterocycles. The second kappa shape index (κ2) is 2.55. The average molecular weight is 198 g/mol. The standard InChI is InChI=1S/C8H5ClN2O2/c9-11(8(12)13)7-4-2-1-3-6(7)5-10-11/h1-5H/p+1/t11-/m1/s1. The lowest BCUT2D eigenvalue weighted by Crippen LogP contribution is -2.36. The summed E-state index contributed by atoms with van der Waals surface area (Å²) in [4.78, 5) is 10.8. The van der Waals surface area contributed by atoms with E-state index in [2.05, 4.69) is 5.10 Å². The summed E-state index contributed by atoms with van der Waals surface area (Å²) in [6, 6.07) is 6.94. The highest BCUT2D eigenvalue weighted by Gasteiger charge is 2.45. The third kappa shape index (κ3) is 1.03. The molecule has 0 saturated heterocycles. The van der Waals surface area contributed by atoms with Gasteiger partial charge >= 0.3 is 6.09 Å². The Bertz CT molecular complexity index is 405. The van der Waals surface area contributed by atoms with E-state index in [1.807, 2.05) is 0 Å². The van der Waals surface area contributed by atoms with Crippen LogP contribution in [-0.2, 0) is 0 Å². The number of benzene rings is 1. The van der Waals surface area contributed by atoms with Crippen molar-refractivity contribution in [2.75, 3.05) is 0 Å². The quantitative estimate of drug-likeness (QED) is 0.648. The van der Waals surface area contributed by atoms with Crippen molar-refractivity contribution >= 4 is 29.8 Å². The second-order valence-corrected chi connectivity index (χ2v) is 3.13. The molecule has 0 radical (unpaired) electrons. The monoisotopic (exact) mass is 197 g/mol. The molecule has 0 unspecified atom stereocenters. The topological polar surface area (TPSA) is 49.7 Å². The van der Waals surface area contributed by atoms with Gasteiger partial charge in [-0.25, -0.2) is 0 Å². The van der Waals surface area contributed by atoms with Crippen LogP contribution in [0, 0.1) is 0 Å². The van der Waals surface area contributed by atoms with Gasteiger partial charge in [0.2, 0.25) is 11.8 Å². The van der Waals surface area contributed by atoms with Gasteiger partial charge in [-0.05, 0) is 6.07 Å². The number of nitrogens with zero attached hydrogens (tertiary/aromatic N) is 2. The lowest BCUT2D eigenvalue weighted by molar-refractivity contribution is 0.175. The molecule has 0 spiro atoms. The van der Waals surface area contributed by atoms with Crippen molar-refractivity contribution < 1.29 is 9.90 Å². The van der Waals surface area contributed by atoms with Crippen molar-refractivity contribution in [2.24, 2.45) is 5.10 Å². The van der Waals surface area contributed by atoms with Crippen molar-refractivity contribution in [3.8, 4) is 0 Å². The molecule has 1 aromatic rings. The first-order chi connectivity index (χ1) is 6.14. The Morgan fingerprint density at radius 2 is 2.15 bits per heavy atom. The maximum atomic E-state index is 10.8. The van der Waals surface area contributed by atoms with Crippen molar-refractivity contribution in [3.63, 3.8) is 0 Å². The van der Waals surface area contributed by atoms with Crippen LogP contribution in [0.2, 0.25) is 0 Å². The van der Waals surface area contributed by atoms with Gasteiger partial charge in [0.05, 0.1) is 11.8 Å². The van der Waals surface area contributed by atoms with Gasteiger partial charge in [0.15, 0.2) is 5.69 Å². The van der Waals surface area contributed by atoms with E-state index in [0.29, 0.717) is 5.69 Å². The molecule has 0 bridgehead atoms. The van der Waals surface area contributed by atoms with E-state index < -0.39 is 10.2 Å². The summed E-state index contributed by atoms with van der Waals surface area (Å²) in [6.07, 6.45) is 0.249. The van der Waals surface area contributed by atoms with Gasteiger partial charge in [-0.1, -0.05) is 17.2 Å². The largest absolute Gasteiger partial charge is 0.565 e. The average Bonchev–Trinajstić information content (AvgIpc) is 2.47. The van der Waals surface area contributed by atoms with Gasteiger partial charge in [-0.2, -0.15) is 4.79 Å². The molecule has 0 fully saturated rings. The van der Waals surface area contributed by atoms with Crippen molar-refractivity contribution in [1.82, 2.24) is 4.11 Å². The number of hydrogen-bond donors (Lipinski definition) is 1. The van der Waals surface area contributed by atoms with Gasteiger partial charge in [0.25, 0.3) is 0 Å². The highest BCUT2D eigenvalue weighted by molar-refractivity contribution is 6.31. The van der Waals surface area contributed by atoms with Crippen LogP contribution in [0.5, 0.6) is 0 Å². The lowest BCUT2D eigenvalue weighted by Gasteiger charge is -2.10. The zero-order valence-corrected chi connectivity index (χ0v) is 7.27. The van der Waals surface area contributed by atoms with Gasteiger partial charge in [0, 0.05) is 10.2 Å². The number of hydrogen-bond acceptors (Lipinski definition) is 2. The molecule has 1 aromatic carbocycles. The molecule has 1 amide bonds. The van der Waals surface area contributed by atoms with Gasteiger partial charge in [-0.15, -0.1) is 0 Å². The molecule has 1 aliphatic rings. The van der Waals surface area contributed by atoms with E-state index >= 15 is 0 Å². The molecule has 4 nitrogen and oxygen atoms in total. The first-order valence-corrected chi connectivity index (χ1v) is 3.96. The predicted molar refractivity (Wildman–Crippen MR) is 49.7 cm³/mol. The van der Waals surface area contributed by atoms with Crippen molar-refractivity contribution in [2.45, 2.75) is 0 Å². The summed E-state index contributed by atoms with van der Waals surface area (Å²) in [7, 11) is 0. The maximum absolute atomic E-state index is 10.8. The minimum atomic E-state index is -1.21. The fraction of sp³-hybridized carbons (Fsp3) is 0. The minimum Gasteiger partial charge on any atom is -0.432 e. The summed E-state index contributed by atoms with van der Waals surface area (Å²) < 4.78 is -0.934. The molecule has 5 heteroatoms. The SMILES string of the molecule is O=C(O)[N@+]1(Cl)N=Cc2ccccc21. The first kappa shape index (κ1) is 8.22. The van der Waals surface area contributed by atoms with Crippen LogP contribution in [-0.4, -0.2) is 17.4 Å². The highest BCUT2D eigenvalue weighted by atomic mass is 35.5. The Morgan fingerprint density at radius 1 is 1.46 bits per heavy atom. The van der Waals surface area contributed by atoms with E-state index in [4.69, 9.17) is 16.9 Å². The number of amides is 1. The summed E-state index contributed by atoms with van der Waals surface area (Å²) in [5.74, 6) is 0. The Hall–Kier alpha value is -1.39. The zero-order valence-electron chi connectivity index (χ0n) is 6.51. The number of rotatable bonds is 0. The Labute approximate surface area is 79.4 Å². The summed E-state index contributed by atoms with van der Waals surface area (Å²) in [6.45, 7) is 0. The van der Waals surface area contributed by atoms with E-state index in [1.165, 1.54) is 6.21 Å². The van der Waals surface area contributed by atoms with Crippen LogP contribution < -0.4 is 4.11 Å². The smallest absolute Gasteiger partial charge is 0.432 e. The number of halogens is 1. The fourth-order valence-electron chi connectivity index (χ4n) is 1.22. The summed E-state index contributed by atoms with van der Waals surface area (Å²) in [5, 5.41) is 12.6. The van der Waals surface area contributed by atoms with E-state index in [9.17, 15) is 4.79 Å². The van der Waals surface area contributed by atoms with Crippen LogP contribution in [0.25, 0.3) is 0 Å². The normalized spacial score (nSPS) is 24.4. The van der Waals surface area contributed by atoms with Crippen LogP contribution in [0.3, 0.4) is 0 Å². The van der Waals surface area contributed by atoms with Crippen LogP contribution in [0.1, 0.15) is 5.56 Å². The highest BCUT2D eigenvalue weighted by Crippen LogP contribution is 2.34. The molecule has 0 aromatic heterocycles. The lowest BCUT2D eigenvalue weighted by atomic mass is 10.2. The molecule has 1 atom stereocenters. The molecular weight excluding hydrogens is 192 g/mol. The number of quaternary nitrogens is 1. The first-order valence-electron chi connectivity index (χ1n) is 3.62. The predicted octanol–water partition coefficient (Wildman–Crippen LogP) is 2.17.